The number of esters is 2. The average molecular weight is 888 g/mol. The van der Waals surface area contributed by atoms with Crippen molar-refractivity contribution in [2.45, 2.75) is 155 Å². The van der Waals surface area contributed by atoms with Crippen molar-refractivity contribution in [3.63, 3.8) is 0 Å². The molecule has 0 unspecified atom stereocenters. The second kappa shape index (κ2) is 23.5. The van der Waals surface area contributed by atoms with Crippen molar-refractivity contribution in [2.75, 3.05) is 20.7 Å². The molecule has 2 fully saturated rings. The van der Waals surface area contributed by atoms with E-state index in [1.54, 1.807) is 52.0 Å². The van der Waals surface area contributed by atoms with E-state index >= 15 is 0 Å². The second-order valence-electron chi connectivity index (χ2n) is 17.7. The van der Waals surface area contributed by atoms with E-state index in [2.05, 4.69) is 16.0 Å². The van der Waals surface area contributed by atoms with Crippen molar-refractivity contribution >= 4 is 47.3 Å². The molecule has 11 atom stereocenters. The lowest BCUT2D eigenvalue weighted by atomic mass is 9.91. The third kappa shape index (κ3) is 13.9. The Kier molecular flexibility index (Phi) is 19.5. The number of hydrogen-bond donors (Lipinski definition) is 5. The van der Waals surface area contributed by atoms with Gasteiger partial charge in [-0.1, -0.05) is 60.1 Å². The highest BCUT2D eigenvalue weighted by Crippen LogP contribution is 2.26. The Balaban J connectivity index is 2.20. The molecule has 0 saturated carbocycles. The number of aliphatic hydroxyl groups excluding tert-OH is 2. The predicted molar refractivity (Wildman–Crippen MR) is 229 cm³/mol. The maximum Gasteiger partial charge on any atom is 0.329 e. The van der Waals surface area contributed by atoms with Gasteiger partial charge in [0, 0.05) is 20.0 Å². The summed E-state index contributed by atoms with van der Waals surface area (Å²) in [7, 11) is 2.90. The number of cyclic esters (lactones) is 2. The average Bonchev–Trinajstić information content (AvgIpc) is 3.73. The zero-order valence-electron chi connectivity index (χ0n) is 38.5. The number of carbonyl (C=O) groups is 8. The van der Waals surface area contributed by atoms with E-state index in [4.69, 9.17) is 14.2 Å². The molecule has 2 heterocycles. The first-order valence-corrected chi connectivity index (χ1v) is 21.9. The molecule has 0 spiro atoms. The zero-order chi connectivity index (χ0) is 47.5. The highest BCUT2D eigenvalue weighted by atomic mass is 16.6. The molecule has 5 N–H and O–H groups in total. The SMILES string of the molecule is CC[C@H](C)[C@H]1NC(=O)[C@@H](NC(=O)[C@H](C)O)[C@@H](C)OC(=O)[C@H](Cc2ccc(OC)cc2)N(C)C(=O)[C@@H]2CCCN2C(=O)[C@H](CC(C)C)NC(=O)[C@@H](C)C(=O)[C@H](C(C)C)OC(=O)C[C@@H]1O. The van der Waals surface area contributed by atoms with Gasteiger partial charge in [0.25, 0.3) is 0 Å². The van der Waals surface area contributed by atoms with Crippen LogP contribution in [0.5, 0.6) is 5.75 Å². The van der Waals surface area contributed by atoms with Gasteiger partial charge in [-0.15, -0.1) is 0 Å². The molecule has 18 heteroatoms. The first-order chi connectivity index (χ1) is 29.5. The first kappa shape index (κ1) is 52.2. The summed E-state index contributed by atoms with van der Waals surface area (Å²) < 4.78 is 16.8. The Bertz CT molecular complexity index is 1790. The van der Waals surface area contributed by atoms with Gasteiger partial charge in [0.1, 0.15) is 42.1 Å². The van der Waals surface area contributed by atoms with Gasteiger partial charge in [-0.05, 0) is 75.5 Å². The number of fused-ring (bicyclic) bond motifs is 1. The van der Waals surface area contributed by atoms with Gasteiger partial charge in [0.2, 0.25) is 29.5 Å². The van der Waals surface area contributed by atoms with Crippen LogP contribution in [0.25, 0.3) is 0 Å². The molecule has 1 aromatic rings. The van der Waals surface area contributed by atoms with Crippen molar-refractivity contribution in [3.8, 4) is 5.75 Å². The number of hydrogen-bond acceptors (Lipinski definition) is 13. The van der Waals surface area contributed by atoms with E-state index in [0.29, 0.717) is 24.2 Å². The van der Waals surface area contributed by atoms with Crippen LogP contribution < -0.4 is 20.7 Å². The Labute approximate surface area is 370 Å². The number of nitrogens with zero attached hydrogens (tertiary/aromatic N) is 2. The zero-order valence-corrected chi connectivity index (χ0v) is 38.5. The van der Waals surface area contributed by atoms with Crippen LogP contribution in [0, 0.1) is 23.7 Å². The number of ketones is 1. The highest BCUT2D eigenvalue weighted by Gasteiger charge is 2.44. The van der Waals surface area contributed by atoms with Crippen LogP contribution in [0.15, 0.2) is 24.3 Å². The van der Waals surface area contributed by atoms with E-state index < -0.39 is 126 Å². The second-order valence-corrected chi connectivity index (χ2v) is 17.7. The van der Waals surface area contributed by atoms with Crippen molar-refractivity contribution in [2.24, 2.45) is 23.7 Å². The summed E-state index contributed by atoms with van der Waals surface area (Å²) in [6, 6.07) is 0.442. The number of amides is 5. The molecule has 18 nitrogen and oxygen atoms in total. The molecule has 5 amide bonds. The molecular weight excluding hydrogens is 819 g/mol. The Morgan fingerprint density at radius 2 is 1.57 bits per heavy atom. The number of likely N-dealkylation sites (N-methyl/N-ethyl adjacent to an activating group) is 1. The minimum absolute atomic E-state index is 0.0803. The summed E-state index contributed by atoms with van der Waals surface area (Å²) in [4.78, 5) is 114. The molecule has 0 aromatic heterocycles. The third-order valence-electron chi connectivity index (χ3n) is 11.9. The molecule has 0 radical (unpaired) electrons. The van der Waals surface area contributed by atoms with Crippen molar-refractivity contribution < 1.29 is 62.8 Å². The monoisotopic (exact) mass is 887 g/mol. The van der Waals surface area contributed by atoms with Crippen molar-refractivity contribution in [1.82, 2.24) is 25.8 Å². The van der Waals surface area contributed by atoms with E-state index in [0.717, 1.165) is 0 Å². The Morgan fingerprint density at radius 3 is 2.13 bits per heavy atom. The van der Waals surface area contributed by atoms with Crippen LogP contribution in [0.3, 0.4) is 0 Å². The predicted octanol–water partition coefficient (Wildman–Crippen LogP) is 1.45. The summed E-state index contributed by atoms with van der Waals surface area (Å²) in [6.45, 7) is 14.5. The van der Waals surface area contributed by atoms with Gasteiger partial charge in [-0.25, -0.2) is 4.79 Å². The molecule has 63 heavy (non-hydrogen) atoms. The number of benzene rings is 1. The third-order valence-corrected chi connectivity index (χ3v) is 11.9. The summed E-state index contributed by atoms with van der Waals surface area (Å²) in [5, 5.41) is 29.4. The summed E-state index contributed by atoms with van der Waals surface area (Å²) in [5.41, 5.74) is 0.602. The largest absolute Gasteiger partial charge is 0.497 e. The number of ether oxygens (including phenoxy) is 3. The quantitative estimate of drug-likeness (QED) is 0.165. The number of aliphatic hydroxyl groups is 2. The summed E-state index contributed by atoms with van der Waals surface area (Å²) in [5.74, 6) is -8.56. The van der Waals surface area contributed by atoms with E-state index in [9.17, 15) is 48.6 Å². The van der Waals surface area contributed by atoms with Gasteiger partial charge >= 0.3 is 11.9 Å². The number of nitrogens with one attached hydrogen (secondary N) is 3. The standard InChI is InChI=1S/C45H69N5O13/c1-12-25(6)36-34(52)22-35(53)63-39(24(4)5)38(54)26(7)40(55)46-31(20-23(2)3)43(58)50-19-13-14-32(50)44(59)49(10)33(21-29-15-17-30(61-11)18-16-29)45(60)62-28(9)37(42(57)47-36)48-41(56)27(8)51/h15-18,23-28,31-34,36-37,39,51-52H,12-14,19-22H2,1-11H3,(H,46,55)(H,47,57)(H,48,56)/t25-,26-,27-,28+,31-,32-,33-,34-,36+,37-,39-/m0/s1. The molecule has 2 saturated heterocycles. The highest BCUT2D eigenvalue weighted by molar-refractivity contribution is 6.05. The van der Waals surface area contributed by atoms with Crippen LogP contribution in [-0.2, 0) is 54.3 Å². The lowest BCUT2D eigenvalue weighted by Gasteiger charge is -2.35. The van der Waals surface area contributed by atoms with Gasteiger partial charge in [0.05, 0.1) is 31.6 Å². The van der Waals surface area contributed by atoms with Crippen LogP contribution in [-0.4, -0.2) is 143 Å². The fraction of sp³-hybridized carbons (Fsp3) is 0.689. The van der Waals surface area contributed by atoms with Gasteiger partial charge in [-0.3, -0.25) is 33.6 Å². The van der Waals surface area contributed by atoms with E-state index in [1.165, 1.54) is 44.7 Å². The smallest absolute Gasteiger partial charge is 0.329 e. The lowest BCUT2D eigenvalue weighted by molar-refractivity contribution is -0.163. The number of Topliss-reactive ketones (excluding diaryl/α,β-unsaturated/α-hetero) is 1. The molecular formula is C45H69N5O13. The molecule has 0 bridgehead atoms. The minimum Gasteiger partial charge on any atom is -0.497 e. The normalized spacial score (nSPS) is 28.7. The van der Waals surface area contributed by atoms with Gasteiger partial charge < -0.3 is 50.2 Å². The molecule has 0 aliphatic carbocycles. The van der Waals surface area contributed by atoms with Crippen LogP contribution in [0.2, 0.25) is 0 Å². The minimum atomic E-state index is -1.65. The number of methoxy groups -OCH3 is 1. The van der Waals surface area contributed by atoms with E-state index in [-0.39, 0.29) is 31.7 Å². The maximum absolute atomic E-state index is 14.5. The van der Waals surface area contributed by atoms with E-state index in [1.807, 2.05) is 13.8 Å². The molecule has 2 aliphatic heterocycles. The molecule has 352 valence electrons. The molecule has 2 aliphatic rings. The maximum atomic E-state index is 14.5. The molecule has 1 aromatic carbocycles. The Morgan fingerprint density at radius 1 is 0.937 bits per heavy atom. The van der Waals surface area contributed by atoms with Crippen molar-refractivity contribution in [3.05, 3.63) is 29.8 Å². The van der Waals surface area contributed by atoms with Crippen LogP contribution in [0.4, 0.5) is 0 Å². The Hall–Kier alpha value is -5.10. The number of carbonyl (C=O) groups excluding carboxylic acids is 8. The first-order valence-electron chi connectivity index (χ1n) is 21.9. The fourth-order valence-corrected chi connectivity index (χ4v) is 7.74. The van der Waals surface area contributed by atoms with Gasteiger partial charge in [-0.2, -0.15) is 0 Å². The van der Waals surface area contributed by atoms with Crippen LogP contribution >= 0.6 is 0 Å². The summed E-state index contributed by atoms with van der Waals surface area (Å²) >= 11 is 0. The number of rotatable bonds is 10. The molecule has 3 rings (SSSR count). The topological polar surface area (TPSA) is 247 Å². The van der Waals surface area contributed by atoms with Gasteiger partial charge in [0.15, 0.2) is 11.9 Å². The summed E-state index contributed by atoms with van der Waals surface area (Å²) in [6.07, 6.45) is -5.54. The lowest BCUT2D eigenvalue weighted by Crippen LogP contribution is -2.60. The van der Waals surface area contributed by atoms with Crippen molar-refractivity contribution in [1.29, 1.82) is 0 Å². The fourth-order valence-electron chi connectivity index (χ4n) is 7.74. The van der Waals surface area contributed by atoms with Crippen LogP contribution in [0.1, 0.15) is 100.0 Å².